The smallest absolute Gasteiger partial charge is 0.247 e. The highest BCUT2D eigenvalue weighted by atomic mass is 16.7. The van der Waals surface area contributed by atoms with Crippen LogP contribution in [0.3, 0.4) is 0 Å². The van der Waals surface area contributed by atoms with Gasteiger partial charge in [-0.05, 0) is 36.3 Å². The summed E-state index contributed by atoms with van der Waals surface area (Å²) in [6.45, 7) is 6.41. The highest BCUT2D eigenvalue weighted by Crippen LogP contribution is 2.41. The Morgan fingerprint density at radius 1 is 1.28 bits per heavy atom. The molecule has 1 aliphatic heterocycles. The molecular formula is C20H21NO4. The van der Waals surface area contributed by atoms with Gasteiger partial charge in [0.1, 0.15) is 0 Å². The maximum atomic E-state index is 11.7. The molecule has 1 heterocycles. The van der Waals surface area contributed by atoms with Gasteiger partial charge in [0, 0.05) is 5.56 Å². The molecule has 0 radical (unpaired) electrons. The number of anilines is 1. The summed E-state index contributed by atoms with van der Waals surface area (Å²) in [4.78, 5) is 11.7. The third kappa shape index (κ3) is 3.76. The van der Waals surface area contributed by atoms with Crippen LogP contribution in [0.15, 0.2) is 49.1 Å². The molecular weight excluding hydrogens is 318 g/mol. The Bertz CT molecular complexity index is 785. The molecule has 5 heteroatoms. The number of nitrogens with one attached hydrogen (secondary N) is 1. The first-order valence-corrected chi connectivity index (χ1v) is 8.32. The fourth-order valence-electron chi connectivity index (χ4n) is 2.58. The first-order chi connectivity index (χ1) is 12.2. The summed E-state index contributed by atoms with van der Waals surface area (Å²) in [5, 5.41) is 2.81. The molecule has 25 heavy (non-hydrogen) atoms. The van der Waals surface area contributed by atoms with Gasteiger partial charge in [-0.1, -0.05) is 38.1 Å². The van der Waals surface area contributed by atoms with Gasteiger partial charge < -0.3 is 19.5 Å². The van der Waals surface area contributed by atoms with Crippen molar-refractivity contribution in [2.75, 3.05) is 18.7 Å². The monoisotopic (exact) mass is 339 g/mol. The van der Waals surface area contributed by atoms with Crippen molar-refractivity contribution < 1.29 is 19.0 Å². The Morgan fingerprint density at radius 3 is 2.92 bits per heavy atom. The molecule has 5 nitrogen and oxygen atoms in total. The maximum absolute atomic E-state index is 11.7. The van der Waals surface area contributed by atoms with Crippen LogP contribution in [0.1, 0.15) is 19.8 Å². The number of rotatable bonds is 7. The van der Waals surface area contributed by atoms with Crippen LogP contribution in [0.4, 0.5) is 5.69 Å². The second kappa shape index (κ2) is 7.75. The van der Waals surface area contributed by atoms with E-state index in [0.29, 0.717) is 23.8 Å². The lowest BCUT2D eigenvalue weighted by molar-refractivity contribution is -0.111. The number of hydrogen-bond donors (Lipinski definition) is 1. The Labute approximate surface area is 147 Å². The number of ether oxygens (including phenoxy) is 3. The highest BCUT2D eigenvalue weighted by molar-refractivity contribution is 6.01. The van der Waals surface area contributed by atoms with Crippen LogP contribution in [0, 0.1) is 0 Å². The second-order valence-corrected chi connectivity index (χ2v) is 5.65. The Hall–Kier alpha value is -2.95. The average molecular weight is 339 g/mol. The summed E-state index contributed by atoms with van der Waals surface area (Å²) in [5.41, 5.74) is 2.44. The molecule has 1 aliphatic rings. The lowest BCUT2D eigenvalue weighted by Crippen LogP contribution is -2.10. The van der Waals surface area contributed by atoms with Gasteiger partial charge in [-0.15, -0.1) is 0 Å². The van der Waals surface area contributed by atoms with Crippen molar-refractivity contribution >= 4 is 11.6 Å². The van der Waals surface area contributed by atoms with E-state index in [9.17, 15) is 4.79 Å². The first kappa shape index (κ1) is 16.9. The molecule has 2 aromatic carbocycles. The van der Waals surface area contributed by atoms with E-state index in [1.807, 2.05) is 36.4 Å². The number of carbonyl (C=O) groups is 1. The van der Waals surface area contributed by atoms with Crippen LogP contribution in [0.2, 0.25) is 0 Å². The number of carbonyl (C=O) groups excluding carboxylic acids is 1. The molecule has 0 aliphatic carbocycles. The zero-order valence-corrected chi connectivity index (χ0v) is 14.2. The van der Waals surface area contributed by atoms with Crippen LogP contribution >= 0.6 is 0 Å². The summed E-state index contributed by atoms with van der Waals surface area (Å²) < 4.78 is 16.8. The molecule has 0 saturated heterocycles. The minimum Gasteiger partial charge on any atom is -0.491 e. The van der Waals surface area contributed by atoms with E-state index in [4.69, 9.17) is 14.2 Å². The van der Waals surface area contributed by atoms with E-state index in [-0.39, 0.29) is 12.7 Å². The van der Waals surface area contributed by atoms with E-state index >= 15 is 0 Å². The van der Waals surface area contributed by atoms with Crippen LogP contribution in [0.5, 0.6) is 17.2 Å². The third-order valence-electron chi connectivity index (χ3n) is 3.89. The number of unbranched alkanes of at least 4 members (excludes halogenated alkanes) is 1. The lowest BCUT2D eigenvalue weighted by Gasteiger charge is -2.16. The molecule has 1 N–H and O–H groups in total. The summed E-state index contributed by atoms with van der Waals surface area (Å²) >= 11 is 0. The molecule has 2 aromatic rings. The largest absolute Gasteiger partial charge is 0.491 e. The fraction of sp³-hybridized carbons (Fsp3) is 0.250. The molecule has 130 valence electrons. The van der Waals surface area contributed by atoms with Gasteiger partial charge in [-0.25, -0.2) is 0 Å². The van der Waals surface area contributed by atoms with E-state index in [1.54, 1.807) is 0 Å². The van der Waals surface area contributed by atoms with Gasteiger partial charge in [-0.2, -0.15) is 0 Å². The van der Waals surface area contributed by atoms with Crippen molar-refractivity contribution in [2.45, 2.75) is 19.8 Å². The number of para-hydroxylation sites is 1. The normalized spacial score (nSPS) is 11.9. The molecule has 3 rings (SSSR count). The SMILES string of the molecule is C=CC(=O)Nc1cccc(-c2ccc3c(c2)OCO3)c1OCCCC. The number of hydrogen-bond acceptors (Lipinski definition) is 4. The zero-order chi connectivity index (χ0) is 17.6. The van der Waals surface area contributed by atoms with E-state index in [1.165, 1.54) is 6.08 Å². The summed E-state index contributed by atoms with van der Waals surface area (Å²) in [6, 6.07) is 11.4. The van der Waals surface area contributed by atoms with E-state index in [2.05, 4.69) is 18.8 Å². The van der Waals surface area contributed by atoms with Gasteiger partial charge >= 0.3 is 0 Å². The van der Waals surface area contributed by atoms with Crippen LogP contribution < -0.4 is 19.5 Å². The Balaban J connectivity index is 2.00. The van der Waals surface area contributed by atoms with E-state index in [0.717, 1.165) is 29.7 Å². The van der Waals surface area contributed by atoms with Crippen molar-refractivity contribution in [3.05, 3.63) is 49.1 Å². The van der Waals surface area contributed by atoms with Crippen molar-refractivity contribution in [1.29, 1.82) is 0 Å². The quantitative estimate of drug-likeness (QED) is 0.600. The number of fused-ring (bicyclic) bond motifs is 1. The van der Waals surface area contributed by atoms with E-state index < -0.39 is 0 Å². The Kier molecular flexibility index (Phi) is 5.23. The predicted octanol–water partition coefficient (Wildman–Crippen LogP) is 4.39. The fourth-order valence-corrected chi connectivity index (χ4v) is 2.58. The van der Waals surface area contributed by atoms with Crippen LogP contribution in [0.25, 0.3) is 11.1 Å². The molecule has 0 atom stereocenters. The maximum Gasteiger partial charge on any atom is 0.247 e. The molecule has 0 unspecified atom stereocenters. The van der Waals surface area contributed by atoms with Gasteiger partial charge in [0.05, 0.1) is 12.3 Å². The van der Waals surface area contributed by atoms with Crippen molar-refractivity contribution in [1.82, 2.24) is 0 Å². The predicted molar refractivity (Wildman–Crippen MR) is 97.2 cm³/mol. The molecule has 0 spiro atoms. The Morgan fingerprint density at radius 2 is 2.12 bits per heavy atom. The molecule has 0 fully saturated rings. The lowest BCUT2D eigenvalue weighted by atomic mass is 10.0. The third-order valence-corrected chi connectivity index (χ3v) is 3.89. The summed E-state index contributed by atoms with van der Waals surface area (Å²) in [5.74, 6) is 1.80. The van der Waals surface area contributed by atoms with Crippen molar-refractivity contribution in [2.24, 2.45) is 0 Å². The van der Waals surface area contributed by atoms with Gasteiger partial charge in [0.25, 0.3) is 0 Å². The summed E-state index contributed by atoms with van der Waals surface area (Å²) in [7, 11) is 0. The standard InChI is InChI=1S/C20H21NO4/c1-3-5-11-23-20-15(7-6-8-16(20)21-19(22)4-2)14-9-10-17-18(12-14)25-13-24-17/h4,6-10,12H,2-3,5,11,13H2,1H3,(H,21,22). The van der Waals surface area contributed by atoms with Crippen LogP contribution in [-0.4, -0.2) is 19.3 Å². The topological polar surface area (TPSA) is 56.8 Å². The molecule has 0 saturated carbocycles. The van der Waals surface area contributed by atoms with Gasteiger partial charge in [0.15, 0.2) is 17.2 Å². The number of amides is 1. The van der Waals surface area contributed by atoms with Gasteiger partial charge in [0.2, 0.25) is 12.7 Å². The molecule has 1 amide bonds. The minimum atomic E-state index is -0.275. The minimum absolute atomic E-state index is 0.230. The average Bonchev–Trinajstić information content (AvgIpc) is 3.10. The van der Waals surface area contributed by atoms with Crippen LogP contribution in [-0.2, 0) is 4.79 Å². The second-order valence-electron chi connectivity index (χ2n) is 5.65. The molecule has 0 bridgehead atoms. The van der Waals surface area contributed by atoms with Gasteiger partial charge in [-0.3, -0.25) is 4.79 Å². The molecule has 0 aromatic heterocycles. The number of benzene rings is 2. The van der Waals surface area contributed by atoms with Crippen molar-refractivity contribution in [3.8, 4) is 28.4 Å². The first-order valence-electron chi connectivity index (χ1n) is 8.32. The van der Waals surface area contributed by atoms with Crippen molar-refractivity contribution in [3.63, 3.8) is 0 Å². The summed E-state index contributed by atoms with van der Waals surface area (Å²) in [6.07, 6.45) is 3.20. The highest BCUT2D eigenvalue weighted by Gasteiger charge is 2.18. The zero-order valence-electron chi connectivity index (χ0n) is 14.2.